The fraction of sp³-hybridized carbons (Fsp3) is 0.400. The van der Waals surface area contributed by atoms with Crippen molar-refractivity contribution in [1.82, 2.24) is 9.72 Å². The molecule has 0 spiro atoms. The summed E-state index contributed by atoms with van der Waals surface area (Å²) in [5, 5.41) is 3.45. The summed E-state index contributed by atoms with van der Waals surface area (Å²) < 4.78 is 8.81. The molecular weight excluding hydrogens is 476 g/mol. The quantitative estimate of drug-likeness (QED) is 0.275. The third kappa shape index (κ3) is 6.12. The van der Waals surface area contributed by atoms with Crippen molar-refractivity contribution in [2.75, 3.05) is 13.2 Å². The Hall–Kier alpha value is -1.82. The molecule has 0 aliphatic carbocycles. The van der Waals surface area contributed by atoms with Gasteiger partial charge in [0, 0.05) is 21.8 Å². The molecule has 3 aromatic rings. The van der Waals surface area contributed by atoms with Crippen LogP contribution in [0.5, 0.6) is 5.75 Å². The van der Waals surface area contributed by atoms with Crippen molar-refractivity contribution in [2.24, 2.45) is 0 Å². The van der Waals surface area contributed by atoms with Gasteiger partial charge in [0.25, 0.3) is 0 Å². The fourth-order valence-electron chi connectivity index (χ4n) is 3.51. The molecule has 2 heterocycles. The summed E-state index contributed by atoms with van der Waals surface area (Å²) in [6.45, 7) is 12.2. The molecular formula is C25H32BrClN2O2. The number of hydrogen-bond acceptors (Lipinski definition) is 3. The first-order valence-electron chi connectivity index (χ1n) is 10.5. The van der Waals surface area contributed by atoms with Gasteiger partial charge in [-0.05, 0) is 97.5 Å². The zero-order valence-corrected chi connectivity index (χ0v) is 21.3. The van der Waals surface area contributed by atoms with E-state index in [0.29, 0.717) is 12.2 Å². The lowest BCUT2D eigenvalue weighted by Crippen LogP contribution is -2.36. The average molecular weight is 508 g/mol. The molecule has 0 saturated heterocycles. The Balaban J connectivity index is 0.00000341. The Labute approximate surface area is 199 Å². The molecule has 0 fully saturated rings. The second kappa shape index (κ2) is 10.7. The first kappa shape index (κ1) is 25.4. The van der Waals surface area contributed by atoms with Crippen LogP contribution in [0.2, 0.25) is 0 Å². The summed E-state index contributed by atoms with van der Waals surface area (Å²) in [5.74, 6) is 1.03. The van der Waals surface area contributed by atoms with Crippen molar-refractivity contribution in [1.29, 1.82) is 0 Å². The number of carbonyl (C=O) groups excluding carboxylic acids is 1. The number of halogens is 2. The zero-order valence-electron chi connectivity index (χ0n) is 18.9. The Kier molecular flexibility index (Phi) is 8.75. The van der Waals surface area contributed by atoms with Crippen molar-refractivity contribution in [3.05, 3.63) is 70.0 Å². The molecule has 0 saturated carbocycles. The summed E-state index contributed by atoms with van der Waals surface area (Å²) in [6, 6.07) is 13.4. The fourth-order valence-corrected chi connectivity index (χ4v) is 4.48. The predicted octanol–water partition coefficient (Wildman–Crippen LogP) is 6.64. The van der Waals surface area contributed by atoms with Crippen molar-refractivity contribution in [3.8, 4) is 5.75 Å². The lowest BCUT2D eigenvalue weighted by molar-refractivity contribution is 0.103. The van der Waals surface area contributed by atoms with Gasteiger partial charge in [0.1, 0.15) is 5.75 Å². The molecule has 2 aromatic heterocycles. The smallest absolute Gasteiger partial charge is 0.210 e. The van der Waals surface area contributed by atoms with Crippen LogP contribution < -0.4 is 10.1 Å². The van der Waals surface area contributed by atoms with Crippen LogP contribution in [-0.2, 0) is 0 Å². The monoisotopic (exact) mass is 506 g/mol. The average Bonchev–Trinajstić information content (AvgIpc) is 3.00. The predicted molar refractivity (Wildman–Crippen MR) is 134 cm³/mol. The topological polar surface area (TPSA) is 42.7 Å². The molecule has 0 amide bonds. The molecule has 0 unspecified atom stereocenters. The highest BCUT2D eigenvalue weighted by Crippen LogP contribution is 2.35. The number of benzene rings is 1. The Morgan fingerprint density at radius 3 is 2.42 bits per heavy atom. The van der Waals surface area contributed by atoms with E-state index >= 15 is 0 Å². The van der Waals surface area contributed by atoms with E-state index in [1.165, 1.54) is 0 Å². The Bertz CT molecular complexity index is 1020. The van der Waals surface area contributed by atoms with Gasteiger partial charge in [0.05, 0.1) is 17.8 Å². The molecule has 168 valence electrons. The largest absolute Gasteiger partial charge is 0.494 e. The van der Waals surface area contributed by atoms with Gasteiger partial charge < -0.3 is 14.5 Å². The zero-order chi connectivity index (χ0) is 21.9. The number of rotatable bonds is 8. The SMILES string of the molecule is CC(C)c1c(Br)c2ccccn2c1C(=O)c1ccc(OCCCNC(C)(C)C)cc1.Cl. The van der Waals surface area contributed by atoms with Gasteiger partial charge in [0.15, 0.2) is 0 Å². The molecule has 0 radical (unpaired) electrons. The van der Waals surface area contributed by atoms with Crippen molar-refractivity contribution in [3.63, 3.8) is 0 Å². The van der Waals surface area contributed by atoms with Crippen molar-refractivity contribution in [2.45, 2.75) is 52.5 Å². The van der Waals surface area contributed by atoms with E-state index in [2.05, 4.69) is 55.9 Å². The van der Waals surface area contributed by atoms with Gasteiger partial charge in [-0.15, -0.1) is 12.4 Å². The number of ketones is 1. The minimum atomic E-state index is 0. The lowest BCUT2D eigenvalue weighted by atomic mass is 9.98. The van der Waals surface area contributed by atoms with E-state index in [-0.39, 0.29) is 29.6 Å². The van der Waals surface area contributed by atoms with Crippen LogP contribution in [0.25, 0.3) is 5.52 Å². The minimum Gasteiger partial charge on any atom is -0.494 e. The molecule has 0 aliphatic heterocycles. The first-order valence-corrected chi connectivity index (χ1v) is 11.3. The number of ether oxygens (including phenoxy) is 1. The maximum Gasteiger partial charge on any atom is 0.210 e. The van der Waals surface area contributed by atoms with E-state index < -0.39 is 0 Å². The van der Waals surface area contributed by atoms with Crippen LogP contribution in [0.1, 0.15) is 68.6 Å². The van der Waals surface area contributed by atoms with E-state index in [9.17, 15) is 4.79 Å². The number of pyridine rings is 1. The third-order valence-electron chi connectivity index (χ3n) is 4.97. The molecule has 6 heteroatoms. The van der Waals surface area contributed by atoms with Crippen LogP contribution in [0.15, 0.2) is 53.1 Å². The summed E-state index contributed by atoms with van der Waals surface area (Å²) in [7, 11) is 0. The number of nitrogens with zero attached hydrogens (tertiary/aromatic N) is 1. The molecule has 0 aliphatic rings. The maximum atomic E-state index is 13.4. The van der Waals surface area contributed by atoms with Gasteiger partial charge in [-0.2, -0.15) is 0 Å². The van der Waals surface area contributed by atoms with Crippen molar-refractivity contribution >= 4 is 39.6 Å². The van der Waals surface area contributed by atoms with Crippen LogP contribution in [-0.4, -0.2) is 28.9 Å². The summed E-state index contributed by atoms with van der Waals surface area (Å²) in [4.78, 5) is 13.4. The standard InChI is InChI=1S/C25H31BrN2O2.ClH/c1-17(2)21-22(26)20-9-6-7-15-28(20)23(21)24(29)18-10-12-19(13-11-18)30-16-8-14-27-25(3,4)5;/h6-7,9-13,15,17,27H,8,14,16H2,1-5H3;1H. The Morgan fingerprint density at radius 1 is 1.13 bits per heavy atom. The molecule has 0 atom stereocenters. The highest BCUT2D eigenvalue weighted by molar-refractivity contribution is 9.10. The number of hydrogen-bond donors (Lipinski definition) is 1. The second-order valence-electron chi connectivity index (χ2n) is 8.92. The van der Waals surface area contributed by atoms with Crippen molar-refractivity contribution < 1.29 is 9.53 Å². The van der Waals surface area contributed by atoms with E-state index in [0.717, 1.165) is 40.0 Å². The molecule has 3 rings (SSSR count). The van der Waals surface area contributed by atoms with Gasteiger partial charge in [0.2, 0.25) is 5.78 Å². The highest BCUT2D eigenvalue weighted by Gasteiger charge is 2.24. The highest BCUT2D eigenvalue weighted by atomic mass is 79.9. The molecule has 0 bridgehead atoms. The summed E-state index contributed by atoms with van der Waals surface area (Å²) in [6.07, 6.45) is 2.88. The Morgan fingerprint density at radius 2 is 1.81 bits per heavy atom. The number of fused-ring (bicyclic) bond motifs is 1. The van der Waals surface area contributed by atoms with Gasteiger partial charge in [-0.1, -0.05) is 19.9 Å². The van der Waals surface area contributed by atoms with E-state index in [4.69, 9.17) is 4.74 Å². The number of carbonyl (C=O) groups is 1. The maximum absolute atomic E-state index is 13.4. The third-order valence-corrected chi connectivity index (χ3v) is 5.80. The van der Waals surface area contributed by atoms with Gasteiger partial charge >= 0.3 is 0 Å². The van der Waals surface area contributed by atoms with Crippen LogP contribution in [0.4, 0.5) is 0 Å². The summed E-state index contributed by atoms with van der Waals surface area (Å²) >= 11 is 3.71. The number of nitrogens with one attached hydrogen (secondary N) is 1. The second-order valence-corrected chi connectivity index (χ2v) is 9.71. The summed E-state index contributed by atoms with van der Waals surface area (Å²) in [5.41, 5.74) is 3.55. The normalized spacial score (nSPS) is 11.6. The van der Waals surface area contributed by atoms with Crippen LogP contribution in [0, 0.1) is 0 Å². The molecule has 4 nitrogen and oxygen atoms in total. The van der Waals surface area contributed by atoms with Crippen LogP contribution >= 0.6 is 28.3 Å². The van der Waals surface area contributed by atoms with Crippen LogP contribution in [0.3, 0.4) is 0 Å². The lowest BCUT2D eigenvalue weighted by Gasteiger charge is -2.20. The minimum absolute atomic E-state index is 0. The molecule has 31 heavy (non-hydrogen) atoms. The van der Waals surface area contributed by atoms with Gasteiger partial charge in [-0.3, -0.25) is 4.79 Å². The number of aromatic nitrogens is 1. The van der Waals surface area contributed by atoms with Gasteiger partial charge in [-0.25, -0.2) is 0 Å². The first-order chi connectivity index (χ1) is 14.2. The van der Waals surface area contributed by atoms with E-state index in [1.54, 1.807) is 0 Å². The molecule has 1 N–H and O–H groups in total. The van der Waals surface area contributed by atoms with E-state index in [1.807, 2.05) is 53.1 Å². The molecule has 1 aromatic carbocycles.